The van der Waals surface area contributed by atoms with Crippen molar-refractivity contribution in [1.82, 2.24) is 24.6 Å². The molecule has 1 N–H and O–H groups in total. The van der Waals surface area contributed by atoms with Gasteiger partial charge in [-0.05, 0) is 65.3 Å². The Morgan fingerprint density at radius 2 is 1.44 bits per heavy atom. The minimum Gasteiger partial charge on any atom is -0.365 e. The molecule has 0 saturated carbocycles. The Morgan fingerprint density at radius 1 is 0.821 bits per heavy atom. The number of hydrogen-bond acceptors (Lipinski definition) is 5. The summed E-state index contributed by atoms with van der Waals surface area (Å²) in [5.41, 5.74) is 5.58. The van der Waals surface area contributed by atoms with Crippen LogP contribution in [0.5, 0.6) is 0 Å². The summed E-state index contributed by atoms with van der Waals surface area (Å²) < 4.78 is 2.08. The van der Waals surface area contributed by atoms with E-state index in [-0.39, 0.29) is 5.54 Å². The van der Waals surface area contributed by atoms with E-state index in [1.807, 2.05) is 66.7 Å². The predicted molar refractivity (Wildman–Crippen MR) is 168 cm³/mol. The number of para-hydroxylation sites is 2. The smallest absolute Gasteiger partial charge is 0.137 e. The highest BCUT2D eigenvalue weighted by Crippen LogP contribution is 2.36. The van der Waals surface area contributed by atoms with Crippen molar-refractivity contribution in [2.75, 3.05) is 18.4 Å². The molecule has 6 heteroatoms. The zero-order chi connectivity index (χ0) is 29.2. The van der Waals surface area contributed by atoms with Gasteiger partial charge in [0.25, 0.3) is 0 Å². The molecule has 0 aliphatic carbocycles. The third kappa shape index (κ3) is 7.04. The lowest BCUT2D eigenvalue weighted by atomic mass is 9.90. The molecule has 39 heavy (non-hydrogen) atoms. The Morgan fingerprint density at radius 3 is 2.10 bits per heavy atom. The van der Waals surface area contributed by atoms with Crippen LogP contribution in [-0.4, -0.2) is 43.8 Å². The zero-order valence-corrected chi connectivity index (χ0v) is 26.1. The van der Waals surface area contributed by atoms with Gasteiger partial charge in [0.15, 0.2) is 0 Å². The maximum atomic E-state index is 4.91. The average molecular weight is 531 g/mol. The fourth-order valence-corrected chi connectivity index (χ4v) is 5.39. The summed E-state index contributed by atoms with van der Waals surface area (Å²) in [4.78, 5) is 11.9. The van der Waals surface area contributed by atoms with Gasteiger partial charge < -0.3 is 5.32 Å². The van der Waals surface area contributed by atoms with Crippen LogP contribution < -0.4 is 5.32 Å². The van der Waals surface area contributed by atoms with Crippen molar-refractivity contribution in [3.05, 3.63) is 77.4 Å². The summed E-state index contributed by atoms with van der Waals surface area (Å²) >= 11 is 0. The normalized spacial score (nSPS) is 14.9. The van der Waals surface area contributed by atoms with Crippen molar-refractivity contribution in [3.63, 3.8) is 0 Å². The summed E-state index contributed by atoms with van der Waals surface area (Å²) in [5.74, 6) is 1.73. The van der Waals surface area contributed by atoms with Crippen LogP contribution in [0, 0.1) is 20.8 Å². The number of likely N-dealkylation sites (tertiary alicyclic amines) is 1. The summed E-state index contributed by atoms with van der Waals surface area (Å²) in [5, 5.41) is 9.71. The third-order valence-electron chi connectivity index (χ3n) is 6.94. The fraction of sp³-hybridized carbons (Fsp3) is 0.485. The first-order valence-electron chi connectivity index (χ1n) is 14.7. The number of fused-ring (bicyclic) bond motifs is 1. The zero-order valence-electron chi connectivity index (χ0n) is 26.1. The second-order valence-electron chi connectivity index (χ2n) is 9.56. The van der Waals surface area contributed by atoms with Crippen molar-refractivity contribution in [1.29, 1.82) is 0 Å². The molecule has 1 aliphatic rings. The van der Waals surface area contributed by atoms with Crippen molar-refractivity contribution in [3.8, 4) is 5.69 Å². The van der Waals surface area contributed by atoms with E-state index in [1.165, 1.54) is 11.3 Å². The summed E-state index contributed by atoms with van der Waals surface area (Å²) in [6.07, 6.45) is 1.08. The van der Waals surface area contributed by atoms with Gasteiger partial charge in [-0.25, -0.2) is 14.6 Å². The van der Waals surface area contributed by atoms with E-state index < -0.39 is 0 Å². The molecule has 0 amide bonds. The average Bonchev–Trinajstić information content (AvgIpc) is 3.57. The van der Waals surface area contributed by atoms with Crippen LogP contribution in [0.1, 0.15) is 84.6 Å². The predicted octanol–water partition coefficient (Wildman–Crippen LogP) is 8.24. The Bertz CT molecular complexity index is 1290. The Hall–Kier alpha value is -3.25. The van der Waals surface area contributed by atoms with Crippen LogP contribution in [0.3, 0.4) is 0 Å². The van der Waals surface area contributed by atoms with Crippen LogP contribution in [0.15, 0.2) is 54.6 Å². The number of aromatic nitrogens is 4. The van der Waals surface area contributed by atoms with Crippen molar-refractivity contribution < 1.29 is 0 Å². The number of nitrogens with one attached hydrogen (secondary N) is 1. The van der Waals surface area contributed by atoms with E-state index in [0.717, 1.165) is 53.4 Å². The minimum absolute atomic E-state index is 0.124. The summed E-state index contributed by atoms with van der Waals surface area (Å²) in [6, 6.07) is 18.9. The van der Waals surface area contributed by atoms with E-state index in [2.05, 4.69) is 84.0 Å². The Labute approximate surface area is 236 Å². The van der Waals surface area contributed by atoms with Crippen LogP contribution >= 0.6 is 0 Å². The molecule has 2 aromatic carbocycles. The molecule has 1 atom stereocenters. The maximum absolute atomic E-state index is 4.91. The molecule has 0 radical (unpaired) electrons. The lowest BCUT2D eigenvalue weighted by Gasteiger charge is -2.36. The second kappa shape index (κ2) is 14.8. The molecule has 1 unspecified atom stereocenters. The SMILES string of the molecule is CC.CC.CC.Cc1nc(NC2CCN(C(C)(C)c3c(C)nn(-c4ccccc4)c3C)C2)c2ccccc2n1. The molecule has 6 nitrogen and oxygen atoms in total. The molecule has 1 aliphatic heterocycles. The van der Waals surface area contributed by atoms with E-state index in [4.69, 9.17) is 10.1 Å². The van der Waals surface area contributed by atoms with Gasteiger partial charge in [-0.2, -0.15) is 5.10 Å². The molecule has 0 bridgehead atoms. The molecule has 2 aromatic heterocycles. The van der Waals surface area contributed by atoms with Gasteiger partial charge in [-0.3, -0.25) is 4.90 Å². The molecule has 5 rings (SSSR count). The molecule has 1 saturated heterocycles. The topological polar surface area (TPSA) is 58.9 Å². The molecular weight excluding hydrogens is 480 g/mol. The first-order valence-corrected chi connectivity index (χ1v) is 14.7. The number of nitrogens with zero attached hydrogens (tertiary/aromatic N) is 5. The van der Waals surface area contributed by atoms with Crippen LogP contribution in [0.4, 0.5) is 5.82 Å². The monoisotopic (exact) mass is 530 g/mol. The molecule has 0 spiro atoms. The molecule has 1 fully saturated rings. The van der Waals surface area contributed by atoms with Gasteiger partial charge in [0.2, 0.25) is 0 Å². The number of hydrogen-bond donors (Lipinski definition) is 1. The highest BCUT2D eigenvalue weighted by atomic mass is 15.3. The molecular formula is C33H50N6. The van der Waals surface area contributed by atoms with Gasteiger partial charge in [-0.1, -0.05) is 71.9 Å². The number of anilines is 1. The number of aryl methyl sites for hydroxylation is 2. The fourth-order valence-electron chi connectivity index (χ4n) is 5.39. The summed E-state index contributed by atoms with van der Waals surface area (Å²) in [7, 11) is 0. The van der Waals surface area contributed by atoms with Gasteiger partial charge >= 0.3 is 0 Å². The van der Waals surface area contributed by atoms with E-state index >= 15 is 0 Å². The number of rotatable bonds is 5. The minimum atomic E-state index is -0.124. The summed E-state index contributed by atoms with van der Waals surface area (Å²) in [6.45, 7) is 24.9. The van der Waals surface area contributed by atoms with Crippen LogP contribution in [0.25, 0.3) is 16.6 Å². The second-order valence-corrected chi connectivity index (χ2v) is 9.56. The Kier molecular flexibility index (Phi) is 12.1. The van der Waals surface area contributed by atoms with Crippen molar-refractivity contribution in [2.24, 2.45) is 0 Å². The lowest BCUT2D eigenvalue weighted by molar-refractivity contribution is 0.152. The van der Waals surface area contributed by atoms with Crippen LogP contribution in [-0.2, 0) is 5.54 Å². The molecule has 3 heterocycles. The molecule has 4 aromatic rings. The van der Waals surface area contributed by atoms with Crippen molar-refractivity contribution in [2.45, 2.75) is 94.2 Å². The quantitative estimate of drug-likeness (QED) is 0.281. The first-order chi connectivity index (χ1) is 18.8. The maximum Gasteiger partial charge on any atom is 0.137 e. The van der Waals surface area contributed by atoms with Crippen LogP contribution in [0.2, 0.25) is 0 Å². The highest BCUT2D eigenvalue weighted by Gasteiger charge is 2.38. The number of benzene rings is 2. The third-order valence-corrected chi connectivity index (χ3v) is 6.94. The van der Waals surface area contributed by atoms with Gasteiger partial charge in [0.05, 0.1) is 16.9 Å². The lowest BCUT2D eigenvalue weighted by Crippen LogP contribution is -2.42. The van der Waals surface area contributed by atoms with E-state index in [1.54, 1.807) is 0 Å². The van der Waals surface area contributed by atoms with Crippen molar-refractivity contribution >= 4 is 16.7 Å². The largest absolute Gasteiger partial charge is 0.365 e. The van der Waals surface area contributed by atoms with Gasteiger partial charge in [0, 0.05) is 41.3 Å². The van der Waals surface area contributed by atoms with Gasteiger partial charge in [0.1, 0.15) is 11.6 Å². The highest BCUT2D eigenvalue weighted by molar-refractivity contribution is 5.89. The van der Waals surface area contributed by atoms with Gasteiger partial charge in [-0.15, -0.1) is 0 Å². The van der Waals surface area contributed by atoms with E-state index in [0.29, 0.717) is 6.04 Å². The first kappa shape index (κ1) is 32.0. The standard InChI is InChI=1S/C27H32N6.3C2H6/c1-18-25(19(2)33(31-18)22-11-7-6-8-12-22)27(4,5)32-16-15-21(17-32)30-26-23-13-9-10-14-24(23)28-20(3)29-26;3*1-2/h6-14,21H,15-17H2,1-5H3,(H,28,29,30);3*1-2H3. The molecule has 212 valence electrons. The Balaban J connectivity index is 0.000000833. The van der Waals surface area contributed by atoms with E-state index in [9.17, 15) is 0 Å².